The number of aromatic nitrogens is 1. The van der Waals surface area contributed by atoms with Crippen molar-refractivity contribution in [2.45, 2.75) is 26.8 Å². The number of ether oxygens (including phenoxy) is 1. The van der Waals surface area contributed by atoms with E-state index >= 15 is 0 Å². The zero-order valence-corrected chi connectivity index (χ0v) is 12.6. The van der Waals surface area contributed by atoms with Crippen LogP contribution in [0.4, 0.5) is 0 Å². The number of aryl methyl sites for hydroxylation is 1. The molecule has 0 atom stereocenters. The first-order valence-electron chi connectivity index (χ1n) is 6.80. The van der Waals surface area contributed by atoms with Gasteiger partial charge in [-0.15, -0.1) is 0 Å². The summed E-state index contributed by atoms with van der Waals surface area (Å²) in [6.45, 7) is 5.73. The first kappa shape index (κ1) is 14.8. The third-order valence-corrected chi connectivity index (χ3v) is 3.26. The van der Waals surface area contributed by atoms with Gasteiger partial charge >= 0.3 is 0 Å². The minimum Gasteiger partial charge on any atom is -0.439 e. The van der Waals surface area contributed by atoms with Crippen LogP contribution in [0.2, 0.25) is 5.02 Å². The molecule has 1 aromatic carbocycles. The molecule has 1 N–H and O–H groups in total. The molecular formula is C16H19ClN2O. The molecule has 0 aliphatic carbocycles. The highest BCUT2D eigenvalue weighted by Crippen LogP contribution is 2.25. The maximum atomic E-state index is 6.15. The molecule has 1 aromatic heterocycles. The lowest BCUT2D eigenvalue weighted by molar-refractivity contribution is 0.456. The van der Waals surface area contributed by atoms with Gasteiger partial charge in [0.15, 0.2) is 0 Å². The summed E-state index contributed by atoms with van der Waals surface area (Å²) in [5.74, 6) is 1.38. The standard InChI is InChI=1S/C16H19ClN2O/c1-3-10-18-11-14-13(17)8-9-16(19-14)20-15-7-5-4-6-12(15)2/h4-9,18H,3,10-11H2,1-2H3. The number of hydrogen-bond donors (Lipinski definition) is 1. The van der Waals surface area contributed by atoms with Crippen molar-refractivity contribution in [2.24, 2.45) is 0 Å². The van der Waals surface area contributed by atoms with Crippen molar-refractivity contribution in [1.29, 1.82) is 0 Å². The third kappa shape index (κ3) is 3.95. The van der Waals surface area contributed by atoms with E-state index in [0.717, 1.165) is 30.0 Å². The number of benzene rings is 1. The first-order valence-corrected chi connectivity index (χ1v) is 7.18. The third-order valence-electron chi connectivity index (χ3n) is 2.92. The van der Waals surface area contributed by atoms with E-state index in [1.54, 1.807) is 6.07 Å². The molecule has 0 bridgehead atoms. The zero-order valence-electron chi connectivity index (χ0n) is 11.8. The maximum absolute atomic E-state index is 6.15. The van der Waals surface area contributed by atoms with Gasteiger partial charge in [-0.1, -0.05) is 36.7 Å². The molecule has 1 heterocycles. The number of nitrogens with one attached hydrogen (secondary N) is 1. The van der Waals surface area contributed by atoms with Crippen LogP contribution in [0, 0.1) is 6.92 Å². The fraction of sp³-hybridized carbons (Fsp3) is 0.312. The van der Waals surface area contributed by atoms with E-state index < -0.39 is 0 Å². The fourth-order valence-electron chi connectivity index (χ4n) is 1.81. The molecule has 0 saturated heterocycles. The molecule has 3 nitrogen and oxygen atoms in total. The molecular weight excluding hydrogens is 272 g/mol. The second-order valence-corrected chi connectivity index (χ2v) is 5.03. The number of pyridine rings is 1. The molecule has 2 rings (SSSR count). The van der Waals surface area contributed by atoms with Crippen LogP contribution in [0.1, 0.15) is 24.6 Å². The summed E-state index contributed by atoms with van der Waals surface area (Å²) in [6.07, 6.45) is 1.08. The average Bonchev–Trinajstić information content (AvgIpc) is 2.45. The van der Waals surface area contributed by atoms with Crippen molar-refractivity contribution in [3.8, 4) is 11.6 Å². The molecule has 4 heteroatoms. The minimum absolute atomic E-state index is 0.567. The van der Waals surface area contributed by atoms with Gasteiger partial charge in [0.2, 0.25) is 5.88 Å². The molecule has 0 radical (unpaired) electrons. The van der Waals surface area contributed by atoms with Gasteiger partial charge in [-0.2, -0.15) is 0 Å². The van der Waals surface area contributed by atoms with Gasteiger partial charge in [-0.25, -0.2) is 4.98 Å². The number of nitrogens with zero attached hydrogens (tertiary/aromatic N) is 1. The largest absolute Gasteiger partial charge is 0.439 e. The van der Waals surface area contributed by atoms with E-state index in [2.05, 4.69) is 17.2 Å². The van der Waals surface area contributed by atoms with Gasteiger partial charge in [0.25, 0.3) is 0 Å². The quantitative estimate of drug-likeness (QED) is 0.804. The Morgan fingerprint density at radius 3 is 2.75 bits per heavy atom. The Kier molecular flexibility index (Phi) is 5.39. The molecule has 0 fully saturated rings. The SMILES string of the molecule is CCCNCc1nc(Oc2ccccc2C)ccc1Cl. The predicted octanol–water partition coefficient (Wildman–Crippen LogP) is 4.34. The summed E-state index contributed by atoms with van der Waals surface area (Å²) in [4.78, 5) is 4.46. The van der Waals surface area contributed by atoms with E-state index in [9.17, 15) is 0 Å². The lowest BCUT2D eigenvalue weighted by Gasteiger charge is -2.10. The Morgan fingerprint density at radius 1 is 1.20 bits per heavy atom. The fourth-order valence-corrected chi connectivity index (χ4v) is 1.98. The molecule has 106 valence electrons. The molecule has 0 saturated carbocycles. The van der Waals surface area contributed by atoms with Crippen LogP contribution in [0.15, 0.2) is 36.4 Å². The van der Waals surface area contributed by atoms with Gasteiger partial charge in [-0.05, 0) is 37.6 Å². The number of halogens is 1. The van der Waals surface area contributed by atoms with Gasteiger partial charge < -0.3 is 10.1 Å². The maximum Gasteiger partial charge on any atom is 0.219 e. The summed E-state index contributed by atoms with van der Waals surface area (Å²) in [7, 11) is 0. The van der Waals surface area contributed by atoms with Crippen LogP contribution in [-0.4, -0.2) is 11.5 Å². The summed E-state index contributed by atoms with van der Waals surface area (Å²) in [5, 5.41) is 3.95. The Bertz CT molecular complexity index is 572. The molecule has 0 aliphatic heterocycles. The van der Waals surface area contributed by atoms with Crippen LogP contribution in [0.3, 0.4) is 0 Å². The van der Waals surface area contributed by atoms with Gasteiger partial charge in [-0.3, -0.25) is 0 Å². The molecule has 20 heavy (non-hydrogen) atoms. The van der Waals surface area contributed by atoms with E-state index in [0.29, 0.717) is 17.4 Å². The Labute approximate surface area is 124 Å². The molecule has 2 aromatic rings. The van der Waals surface area contributed by atoms with Crippen molar-refractivity contribution in [3.05, 3.63) is 52.7 Å². The van der Waals surface area contributed by atoms with E-state index in [1.807, 2.05) is 37.3 Å². The lowest BCUT2D eigenvalue weighted by Crippen LogP contribution is -2.15. The van der Waals surface area contributed by atoms with E-state index in [1.165, 1.54) is 0 Å². The summed E-state index contributed by atoms with van der Waals surface area (Å²) >= 11 is 6.15. The van der Waals surface area contributed by atoms with E-state index in [4.69, 9.17) is 16.3 Å². The monoisotopic (exact) mass is 290 g/mol. The van der Waals surface area contributed by atoms with Crippen LogP contribution in [0.25, 0.3) is 0 Å². The molecule has 0 spiro atoms. The van der Waals surface area contributed by atoms with Crippen LogP contribution >= 0.6 is 11.6 Å². The number of hydrogen-bond acceptors (Lipinski definition) is 3. The summed E-state index contributed by atoms with van der Waals surface area (Å²) < 4.78 is 5.81. The summed E-state index contributed by atoms with van der Waals surface area (Å²) in [5.41, 5.74) is 1.89. The molecule has 0 aliphatic rings. The average molecular weight is 291 g/mol. The van der Waals surface area contributed by atoms with Crippen LogP contribution < -0.4 is 10.1 Å². The van der Waals surface area contributed by atoms with Crippen molar-refractivity contribution in [2.75, 3.05) is 6.54 Å². The topological polar surface area (TPSA) is 34.2 Å². The van der Waals surface area contributed by atoms with Crippen molar-refractivity contribution in [3.63, 3.8) is 0 Å². The van der Waals surface area contributed by atoms with Gasteiger partial charge in [0.05, 0.1) is 10.7 Å². The molecule has 0 unspecified atom stereocenters. The van der Waals surface area contributed by atoms with Gasteiger partial charge in [0.1, 0.15) is 5.75 Å². The second-order valence-electron chi connectivity index (χ2n) is 4.62. The highest BCUT2D eigenvalue weighted by molar-refractivity contribution is 6.31. The van der Waals surface area contributed by atoms with E-state index in [-0.39, 0.29) is 0 Å². The lowest BCUT2D eigenvalue weighted by atomic mass is 10.2. The van der Waals surface area contributed by atoms with Crippen molar-refractivity contribution in [1.82, 2.24) is 10.3 Å². The highest BCUT2D eigenvalue weighted by atomic mass is 35.5. The van der Waals surface area contributed by atoms with Gasteiger partial charge in [0, 0.05) is 12.6 Å². The number of para-hydroxylation sites is 1. The Balaban J connectivity index is 2.13. The Morgan fingerprint density at radius 2 is 2.00 bits per heavy atom. The highest BCUT2D eigenvalue weighted by Gasteiger charge is 2.06. The molecule has 0 amide bonds. The number of rotatable bonds is 6. The minimum atomic E-state index is 0.567. The van der Waals surface area contributed by atoms with Crippen LogP contribution in [0.5, 0.6) is 11.6 Å². The van der Waals surface area contributed by atoms with Crippen molar-refractivity contribution < 1.29 is 4.74 Å². The zero-order chi connectivity index (χ0) is 14.4. The Hall–Kier alpha value is -1.58. The van der Waals surface area contributed by atoms with Crippen molar-refractivity contribution >= 4 is 11.6 Å². The predicted molar refractivity (Wildman–Crippen MR) is 82.5 cm³/mol. The normalized spacial score (nSPS) is 10.6. The summed E-state index contributed by atoms with van der Waals surface area (Å²) in [6, 6.07) is 11.5. The first-order chi connectivity index (χ1) is 9.70. The van der Waals surface area contributed by atoms with Crippen LogP contribution in [-0.2, 0) is 6.54 Å². The smallest absolute Gasteiger partial charge is 0.219 e. The second kappa shape index (κ2) is 7.27.